The SMILES string of the molecule is Cc1nc(N2CCCC2)ncc1C(=O)NCCCc1ccco1. The van der Waals surface area contributed by atoms with Crippen LogP contribution in [-0.2, 0) is 6.42 Å². The summed E-state index contributed by atoms with van der Waals surface area (Å²) in [6.07, 6.45) is 7.32. The lowest BCUT2D eigenvalue weighted by molar-refractivity contribution is 0.0951. The van der Waals surface area contributed by atoms with Crippen LogP contribution in [0, 0.1) is 6.92 Å². The first-order valence-electron chi connectivity index (χ1n) is 8.13. The Bertz CT molecular complexity index is 649. The van der Waals surface area contributed by atoms with E-state index in [1.165, 1.54) is 12.8 Å². The summed E-state index contributed by atoms with van der Waals surface area (Å²) in [6, 6.07) is 3.81. The van der Waals surface area contributed by atoms with Crippen LogP contribution in [0.5, 0.6) is 0 Å². The molecule has 6 heteroatoms. The largest absolute Gasteiger partial charge is 0.469 e. The fraction of sp³-hybridized carbons (Fsp3) is 0.471. The first kappa shape index (κ1) is 15.5. The van der Waals surface area contributed by atoms with E-state index < -0.39 is 0 Å². The number of carbonyl (C=O) groups is 1. The van der Waals surface area contributed by atoms with E-state index >= 15 is 0 Å². The number of carbonyl (C=O) groups excluding carboxylic acids is 1. The number of anilines is 1. The van der Waals surface area contributed by atoms with Crippen molar-refractivity contribution < 1.29 is 9.21 Å². The van der Waals surface area contributed by atoms with Gasteiger partial charge >= 0.3 is 0 Å². The molecule has 0 radical (unpaired) electrons. The highest BCUT2D eigenvalue weighted by atomic mass is 16.3. The highest BCUT2D eigenvalue weighted by molar-refractivity contribution is 5.94. The van der Waals surface area contributed by atoms with Crippen LogP contribution in [-0.4, -0.2) is 35.5 Å². The molecule has 1 aliphatic rings. The van der Waals surface area contributed by atoms with E-state index in [1.807, 2.05) is 19.1 Å². The van der Waals surface area contributed by atoms with Gasteiger partial charge < -0.3 is 14.6 Å². The molecule has 23 heavy (non-hydrogen) atoms. The average Bonchev–Trinajstić information content (AvgIpc) is 3.24. The molecule has 0 spiro atoms. The smallest absolute Gasteiger partial charge is 0.254 e. The third kappa shape index (κ3) is 3.88. The summed E-state index contributed by atoms with van der Waals surface area (Å²) in [5, 5.41) is 2.92. The summed E-state index contributed by atoms with van der Waals surface area (Å²) in [5.41, 5.74) is 1.27. The summed E-state index contributed by atoms with van der Waals surface area (Å²) in [6.45, 7) is 4.46. The van der Waals surface area contributed by atoms with Crippen molar-refractivity contribution in [3.8, 4) is 0 Å². The zero-order chi connectivity index (χ0) is 16.1. The fourth-order valence-corrected chi connectivity index (χ4v) is 2.76. The summed E-state index contributed by atoms with van der Waals surface area (Å²) in [7, 11) is 0. The van der Waals surface area contributed by atoms with Gasteiger partial charge in [0.1, 0.15) is 5.76 Å². The molecule has 0 bridgehead atoms. The number of rotatable bonds is 6. The van der Waals surface area contributed by atoms with Crippen molar-refractivity contribution in [1.82, 2.24) is 15.3 Å². The van der Waals surface area contributed by atoms with Crippen LogP contribution in [0.1, 0.15) is 41.1 Å². The Morgan fingerprint density at radius 3 is 2.91 bits per heavy atom. The van der Waals surface area contributed by atoms with Crippen LogP contribution in [0.4, 0.5) is 5.95 Å². The Hall–Kier alpha value is -2.37. The number of furan rings is 1. The van der Waals surface area contributed by atoms with E-state index in [0.717, 1.165) is 43.3 Å². The zero-order valence-corrected chi connectivity index (χ0v) is 13.4. The van der Waals surface area contributed by atoms with Crippen molar-refractivity contribution in [2.24, 2.45) is 0 Å². The lowest BCUT2D eigenvalue weighted by Crippen LogP contribution is -2.27. The third-order valence-electron chi connectivity index (χ3n) is 4.07. The predicted molar refractivity (Wildman–Crippen MR) is 87.6 cm³/mol. The summed E-state index contributed by atoms with van der Waals surface area (Å²) in [5.74, 6) is 1.55. The van der Waals surface area contributed by atoms with Gasteiger partial charge in [-0.1, -0.05) is 0 Å². The maximum Gasteiger partial charge on any atom is 0.254 e. The highest BCUT2D eigenvalue weighted by Gasteiger charge is 2.17. The van der Waals surface area contributed by atoms with Crippen molar-refractivity contribution in [2.45, 2.75) is 32.6 Å². The Balaban J connectivity index is 1.52. The molecule has 3 heterocycles. The van der Waals surface area contributed by atoms with Crippen molar-refractivity contribution >= 4 is 11.9 Å². The van der Waals surface area contributed by atoms with Crippen LogP contribution in [0.3, 0.4) is 0 Å². The lowest BCUT2D eigenvalue weighted by atomic mass is 10.2. The summed E-state index contributed by atoms with van der Waals surface area (Å²) in [4.78, 5) is 23.2. The van der Waals surface area contributed by atoms with Crippen LogP contribution >= 0.6 is 0 Å². The molecule has 1 N–H and O–H groups in total. The second-order valence-corrected chi connectivity index (χ2v) is 5.80. The molecule has 1 aliphatic heterocycles. The highest BCUT2D eigenvalue weighted by Crippen LogP contribution is 2.16. The summed E-state index contributed by atoms with van der Waals surface area (Å²) < 4.78 is 5.27. The molecular formula is C17H22N4O2. The average molecular weight is 314 g/mol. The van der Waals surface area contributed by atoms with Gasteiger partial charge in [-0.15, -0.1) is 0 Å². The van der Waals surface area contributed by atoms with Crippen molar-refractivity contribution in [3.63, 3.8) is 0 Å². The quantitative estimate of drug-likeness (QED) is 0.829. The molecular weight excluding hydrogens is 292 g/mol. The van der Waals surface area contributed by atoms with Gasteiger partial charge in [-0.3, -0.25) is 4.79 Å². The fourth-order valence-electron chi connectivity index (χ4n) is 2.76. The third-order valence-corrected chi connectivity index (χ3v) is 4.07. The number of aromatic nitrogens is 2. The van der Waals surface area contributed by atoms with Crippen molar-refractivity contribution in [2.75, 3.05) is 24.5 Å². The normalized spacial score (nSPS) is 14.2. The molecule has 1 fully saturated rings. The number of aryl methyl sites for hydroxylation is 2. The Kier molecular flexibility index (Phi) is 4.90. The molecule has 0 unspecified atom stereocenters. The summed E-state index contributed by atoms with van der Waals surface area (Å²) >= 11 is 0. The second kappa shape index (κ2) is 7.26. The van der Waals surface area contributed by atoms with Crippen LogP contribution in [0.25, 0.3) is 0 Å². The van der Waals surface area contributed by atoms with Gasteiger partial charge in [0.05, 0.1) is 17.5 Å². The standard InChI is InChI=1S/C17H22N4O2/c1-13-15(12-19-17(20-13)21-9-2-3-10-21)16(22)18-8-4-6-14-7-5-11-23-14/h5,7,11-12H,2-4,6,8-10H2,1H3,(H,18,22). The lowest BCUT2D eigenvalue weighted by Gasteiger charge is -2.16. The van der Waals surface area contributed by atoms with Crippen LogP contribution < -0.4 is 10.2 Å². The maximum absolute atomic E-state index is 12.2. The van der Waals surface area contributed by atoms with Gasteiger partial charge in [0.15, 0.2) is 0 Å². The van der Waals surface area contributed by atoms with Crippen LogP contribution in [0.2, 0.25) is 0 Å². The predicted octanol–water partition coefficient (Wildman–Crippen LogP) is 2.34. The molecule has 2 aromatic heterocycles. The maximum atomic E-state index is 12.2. The molecule has 0 saturated carbocycles. The van der Waals surface area contributed by atoms with Gasteiger partial charge in [0.2, 0.25) is 5.95 Å². The molecule has 1 amide bonds. The van der Waals surface area contributed by atoms with Gasteiger partial charge in [-0.2, -0.15) is 0 Å². The monoisotopic (exact) mass is 314 g/mol. The molecule has 0 aromatic carbocycles. The minimum absolute atomic E-state index is 0.116. The first-order valence-corrected chi connectivity index (χ1v) is 8.13. The minimum atomic E-state index is -0.116. The first-order chi connectivity index (χ1) is 11.2. The molecule has 0 aliphatic carbocycles. The number of hydrogen-bond acceptors (Lipinski definition) is 5. The molecule has 2 aromatic rings. The van der Waals surface area contributed by atoms with Gasteiger partial charge in [-0.05, 0) is 38.3 Å². The molecule has 0 atom stereocenters. The minimum Gasteiger partial charge on any atom is -0.469 e. The second-order valence-electron chi connectivity index (χ2n) is 5.80. The zero-order valence-electron chi connectivity index (χ0n) is 13.4. The Morgan fingerprint density at radius 2 is 2.22 bits per heavy atom. The number of nitrogens with zero attached hydrogens (tertiary/aromatic N) is 3. The van der Waals surface area contributed by atoms with E-state index in [1.54, 1.807) is 12.5 Å². The van der Waals surface area contributed by atoms with Crippen molar-refractivity contribution in [3.05, 3.63) is 41.6 Å². The molecule has 3 rings (SSSR count). The van der Waals surface area contributed by atoms with E-state index in [0.29, 0.717) is 12.1 Å². The van der Waals surface area contributed by atoms with E-state index in [9.17, 15) is 4.79 Å². The van der Waals surface area contributed by atoms with Crippen LogP contribution in [0.15, 0.2) is 29.0 Å². The number of amides is 1. The molecule has 122 valence electrons. The van der Waals surface area contributed by atoms with E-state index in [4.69, 9.17) is 4.42 Å². The molecule has 6 nitrogen and oxygen atoms in total. The Morgan fingerprint density at radius 1 is 1.39 bits per heavy atom. The van der Waals surface area contributed by atoms with E-state index in [-0.39, 0.29) is 5.91 Å². The van der Waals surface area contributed by atoms with Gasteiger partial charge in [0.25, 0.3) is 5.91 Å². The molecule has 1 saturated heterocycles. The van der Waals surface area contributed by atoms with E-state index in [2.05, 4.69) is 20.2 Å². The number of hydrogen-bond donors (Lipinski definition) is 1. The topological polar surface area (TPSA) is 71.3 Å². The Labute approximate surface area is 135 Å². The van der Waals surface area contributed by atoms with Gasteiger partial charge in [-0.25, -0.2) is 9.97 Å². The van der Waals surface area contributed by atoms with Gasteiger partial charge in [0, 0.05) is 32.3 Å². The van der Waals surface area contributed by atoms with Crippen molar-refractivity contribution in [1.29, 1.82) is 0 Å². The number of nitrogens with one attached hydrogen (secondary N) is 1.